The summed E-state index contributed by atoms with van der Waals surface area (Å²) in [7, 11) is 0. The number of aromatic nitrogens is 2. The second-order valence-corrected chi connectivity index (χ2v) is 8.72. The number of rotatable bonds is 6. The van der Waals surface area contributed by atoms with Gasteiger partial charge in [0.1, 0.15) is 0 Å². The molecule has 1 aliphatic rings. The number of nitrogens with zero attached hydrogens (tertiary/aromatic N) is 3. The summed E-state index contributed by atoms with van der Waals surface area (Å²) in [6.45, 7) is 3.78. The van der Waals surface area contributed by atoms with Crippen molar-refractivity contribution in [2.45, 2.75) is 6.54 Å². The minimum Gasteiger partial charge on any atom is -0.378 e. The highest BCUT2D eigenvalue weighted by Crippen LogP contribution is 2.39. The molecule has 0 unspecified atom stereocenters. The molecule has 1 saturated heterocycles. The van der Waals surface area contributed by atoms with Gasteiger partial charge in [-0.2, -0.15) is 0 Å². The maximum absolute atomic E-state index is 13.2. The van der Waals surface area contributed by atoms with Crippen molar-refractivity contribution in [1.82, 2.24) is 9.55 Å². The van der Waals surface area contributed by atoms with Crippen LogP contribution in [0.4, 0.5) is 10.7 Å². The van der Waals surface area contributed by atoms with E-state index >= 15 is 0 Å². The summed E-state index contributed by atoms with van der Waals surface area (Å²) in [4.78, 5) is 20.3. The van der Waals surface area contributed by atoms with Crippen LogP contribution in [0.1, 0.15) is 15.2 Å². The Bertz CT molecular complexity index is 1180. The van der Waals surface area contributed by atoms with E-state index < -0.39 is 0 Å². The molecule has 4 aromatic rings. The van der Waals surface area contributed by atoms with Crippen LogP contribution < -0.4 is 10.2 Å². The van der Waals surface area contributed by atoms with E-state index in [1.807, 2.05) is 59.3 Å². The first-order valence-electron chi connectivity index (χ1n) is 10.6. The number of amides is 1. The van der Waals surface area contributed by atoms with Crippen LogP contribution in [0.3, 0.4) is 0 Å². The van der Waals surface area contributed by atoms with Crippen LogP contribution in [0.25, 0.3) is 11.1 Å². The number of carbonyl (C=O) groups excluding carboxylic acids is 1. The molecule has 1 fully saturated rings. The molecule has 0 saturated carbocycles. The van der Waals surface area contributed by atoms with Crippen LogP contribution in [-0.2, 0) is 11.3 Å². The van der Waals surface area contributed by atoms with Gasteiger partial charge in [-0.3, -0.25) is 4.79 Å². The molecule has 2 aromatic heterocycles. The second-order valence-electron chi connectivity index (χ2n) is 7.68. The Hall–Kier alpha value is -3.42. The fraction of sp³-hybridized carbons (Fsp3) is 0.200. The minimum atomic E-state index is -0.0912. The van der Waals surface area contributed by atoms with Crippen molar-refractivity contribution in [3.8, 4) is 11.1 Å². The average Bonchev–Trinajstić information content (AvgIpc) is 3.51. The number of hydrogen-bond acceptors (Lipinski definition) is 5. The molecule has 0 bridgehead atoms. The van der Waals surface area contributed by atoms with E-state index in [0.29, 0.717) is 24.6 Å². The number of carbonyl (C=O) groups is 1. The van der Waals surface area contributed by atoms with Gasteiger partial charge < -0.3 is 19.5 Å². The normalized spacial score (nSPS) is 13.8. The van der Waals surface area contributed by atoms with E-state index in [4.69, 9.17) is 4.74 Å². The largest absolute Gasteiger partial charge is 0.378 e. The molecule has 1 N–H and O–H groups in total. The number of ether oxygens (including phenoxy) is 1. The fourth-order valence-corrected chi connectivity index (χ4v) is 4.98. The molecule has 0 spiro atoms. The summed E-state index contributed by atoms with van der Waals surface area (Å²) < 4.78 is 7.53. The van der Waals surface area contributed by atoms with Crippen LogP contribution in [0.15, 0.2) is 79.4 Å². The van der Waals surface area contributed by atoms with Crippen molar-refractivity contribution in [2.75, 3.05) is 36.5 Å². The lowest BCUT2D eigenvalue weighted by Crippen LogP contribution is -2.35. The third-order valence-electron chi connectivity index (χ3n) is 5.43. The summed E-state index contributed by atoms with van der Waals surface area (Å²) in [5.74, 6) is -0.0912. The van der Waals surface area contributed by atoms with E-state index in [-0.39, 0.29) is 5.91 Å². The van der Waals surface area contributed by atoms with Gasteiger partial charge in [-0.05, 0) is 29.3 Å². The van der Waals surface area contributed by atoms with E-state index in [1.54, 1.807) is 23.9 Å². The third kappa shape index (κ3) is 4.59. The molecular weight excluding hydrogens is 420 g/mol. The average molecular weight is 445 g/mol. The quantitative estimate of drug-likeness (QED) is 0.466. The molecule has 0 aliphatic carbocycles. The summed E-state index contributed by atoms with van der Waals surface area (Å²) in [6.07, 6.45) is 5.48. The minimum absolute atomic E-state index is 0.0912. The van der Waals surface area contributed by atoms with Crippen molar-refractivity contribution >= 4 is 27.9 Å². The van der Waals surface area contributed by atoms with Gasteiger partial charge in [-0.15, -0.1) is 11.3 Å². The van der Waals surface area contributed by atoms with E-state index in [9.17, 15) is 4.79 Å². The van der Waals surface area contributed by atoms with E-state index in [2.05, 4.69) is 27.3 Å². The maximum Gasteiger partial charge on any atom is 0.265 e. The van der Waals surface area contributed by atoms with Crippen molar-refractivity contribution in [1.29, 1.82) is 0 Å². The Morgan fingerprint density at radius 3 is 2.69 bits per heavy atom. The molecule has 0 radical (unpaired) electrons. The molecule has 162 valence electrons. The topological polar surface area (TPSA) is 59.4 Å². The zero-order valence-corrected chi connectivity index (χ0v) is 18.4. The van der Waals surface area contributed by atoms with Crippen molar-refractivity contribution in [3.63, 3.8) is 0 Å². The van der Waals surface area contributed by atoms with Gasteiger partial charge in [0, 0.05) is 43.3 Å². The van der Waals surface area contributed by atoms with Gasteiger partial charge in [0.25, 0.3) is 5.91 Å². The van der Waals surface area contributed by atoms with Crippen molar-refractivity contribution in [2.24, 2.45) is 0 Å². The molecular formula is C25H24N4O2S. The molecule has 5 rings (SSSR count). The summed E-state index contributed by atoms with van der Waals surface area (Å²) in [5, 5.41) is 4.20. The molecule has 32 heavy (non-hydrogen) atoms. The smallest absolute Gasteiger partial charge is 0.265 e. The van der Waals surface area contributed by atoms with E-state index in [0.717, 1.165) is 40.5 Å². The number of morpholine rings is 1. The highest BCUT2D eigenvalue weighted by molar-refractivity contribution is 7.18. The fourth-order valence-electron chi connectivity index (χ4n) is 3.85. The molecule has 2 aromatic carbocycles. The summed E-state index contributed by atoms with van der Waals surface area (Å²) in [6, 6.07) is 20.2. The summed E-state index contributed by atoms with van der Waals surface area (Å²) in [5.41, 5.74) is 4.10. The van der Waals surface area contributed by atoms with Gasteiger partial charge in [0.2, 0.25) is 0 Å². The molecule has 3 heterocycles. The number of anilines is 2. The van der Waals surface area contributed by atoms with Crippen LogP contribution >= 0.6 is 11.3 Å². The van der Waals surface area contributed by atoms with Crippen LogP contribution in [0.5, 0.6) is 0 Å². The number of hydrogen-bond donors (Lipinski definition) is 1. The van der Waals surface area contributed by atoms with Gasteiger partial charge >= 0.3 is 0 Å². The number of imidazole rings is 1. The van der Waals surface area contributed by atoms with Crippen LogP contribution in [-0.4, -0.2) is 41.8 Å². The standard InChI is InChI=1S/C25H24N4O2S/c30-24(27-21-8-4-5-19(15-21)17-28-10-9-26-18-28)23-16-22(20-6-2-1-3-7-20)25(32-23)29-11-13-31-14-12-29/h1-10,15-16,18H,11-14,17H2,(H,27,30). The number of thiophene rings is 1. The Morgan fingerprint density at radius 2 is 1.91 bits per heavy atom. The first-order chi connectivity index (χ1) is 15.8. The Balaban J connectivity index is 1.39. The van der Waals surface area contributed by atoms with Gasteiger partial charge in [0.05, 0.1) is 29.4 Å². The second kappa shape index (κ2) is 9.38. The SMILES string of the molecule is O=C(Nc1cccc(Cn2ccnc2)c1)c1cc(-c2ccccc2)c(N2CCOCC2)s1. The lowest BCUT2D eigenvalue weighted by atomic mass is 10.1. The van der Waals surface area contributed by atoms with Gasteiger partial charge in [0.15, 0.2) is 0 Å². The molecule has 0 atom stereocenters. The Labute approximate surface area is 191 Å². The molecule has 1 amide bonds. The zero-order valence-electron chi connectivity index (χ0n) is 17.6. The lowest BCUT2D eigenvalue weighted by molar-refractivity contribution is 0.103. The maximum atomic E-state index is 13.2. The van der Waals surface area contributed by atoms with Crippen LogP contribution in [0, 0.1) is 0 Å². The monoisotopic (exact) mass is 444 g/mol. The van der Waals surface area contributed by atoms with E-state index in [1.165, 1.54) is 0 Å². The Kier molecular flexibility index (Phi) is 6.00. The van der Waals surface area contributed by atoms with Crippen molar-refractivity contribution < 1.29 is 9.53 Å². The Morgan fingerprint density at radius 1 is 1.06 bits per heavy atom. The number of nitrogens with one attached hydrogen (secondary N) is 1. The molecule has 1 aliphatic heterocycles. The first kappa shape index (κ1) is 20.5. The predicted octanol–water partition coefficient (Wildman–Crippen LogP) is 4.75. The lowest BCUT2D eigenvalue weighted by Gasteiger charge is -2.28. The highest BCUT2D eigenvalue weighted by Gasteiger charge is 2.22. The van der Waals surface area contributed by atoms with Gasteiger partial charge in [-0.25, -0.2) is 4.98 Å². The third-order valence-corrected chi connectivity index (χ3v) is 6.62. The van der Waals surface area contributed by atoms with Gasteiger partial charge in [-0.1, -0.05) is 42.5 Å². The zero-order chi connectivity index (χ0) is 21.8. The predicted molar refractivity (Wildman–Crippen MR) is 129 cm³/mol. The highest BCUT2D eigenvalue weighted by atomic mass is 32.1. The molecule has 6 nitrogen and oxygen atoms in total. The molecule has 7 heteroatoms. The summed E-state index contributed by atoms with van der Waals surface area (Å²) >= 11 is 1.54. The van der Waals surface area contributed by atoms with Crippen LogP contribution in [0.2, 0.25) is 0 Å². The van der Waals surface area contributed by atoms with Crippen molar-refractivity contribution in [3.05, 3.63) is 89.8 Å². The first-order valence-corrected chi connectivity index (χ1v) is 11.5. The number of benzene rings is 2.